The second-order valence-corrected chi connectivity index (χ2v) is 10.3. The van der Waals surface area contributed by atoms with Crippen molar-refractivity contribution in [1.29, 1.82) is 0 Å². The van der Waals surface area contributed by atoms with Gasteiger partial charge in [0.05, 0.1) is 40.7 Å². The van der Waals surface area contributed by atoms with E-state index in [4.69, 9.17) is 4.74 Å². The molecule has 2 aliphatic rings. The molecule has 154 valence electrons. The highest BCUT2D eigenvalue weighted by atomic mass is 32.2. The van der Waals surface area contributed by atoms with E-state index in [9.17, 15) is 9.00 Å². The van der Waals surface area contributed by atoms with E-state index in [1.165, 1.54) is 0 Å². The van der Waals surface area contributed by atoms with E-state index in [1.807, 2.05) is 46.8 Å². The van der Waals surface area contributed by atoms with E-state index in [0.717, 1.165) is 39.5 Å². The molecule has 2 heterocycles. The summed E-state index contributed by atoms with van der Waals surface area (Å²) in [5, 5.41) is 6.66. The molecule has 2 aromatic rings. The number of fused-ring (bicyclic) bond motifs is 2. The summed E-state index contributed by atoms with van der Waals surface area (Å²) in [6, 6.07) is 5.88. The maximum absolute atomic E-state index is 13.0. The minimum atomic E-state index is -1.24. The van der Waals surface area contributed by atoms with Gasteiger partial charge >= 0.3 is 0 Å². The first kappa shape index (κ1) is 19.9. The van der Waals surface area contributed by atoms with E-state index in [-0.39, 0.29) is 5.78 Å². The molecule has 0 bridgehead atoms. The Morgan fingerprint density at radius 2 is 1.66 bits per heavy atom. The third kappa shape index (κ3) is 2.94. The molecule has 4 rings (SSSR count). The van der Waals surface area contributed by atoms with Gasteiger partial charge in [-0.05, 0) is 63.9 Å². The van der Waals surface area contributed by atoms with Crippen LogP contribution in [0.4, 0.5) is 11.4 Å². The molecule has 1 unspecified atom stereocenters. The Morgan fingerprint density at radius 1 is 1.10 bits per heavy atom. The number of nitrogens with one attached hydrogen (secondary N) is 2. The molecule has 29 heavy (non-hydrogen) atoms. The fourth-order valence-electron chi connectivity index (χ4n) is 4.49. The minimum absolute atomic E-state index is 0.225. The molecule has 0 radical (unpaired) electrons. The van der Waals surface area contributed by atoms with Crippen molar-refractivity contribution in [1.82, 2.24) is 4.98 Å². The van der Waals surface area contributed by atoms with E-state index in [1.54, 1.807) is 19.4 Å². The number of aromatic nitrogens is 1. The molecule has 1 aliphatic carbocycles. The average Bonchev–Trinajstić information content (AvgIpc) is 3.15. The number of methoxy groups -OCH3 is 1. The van der Waals surface area contributed by atoms with Gasteiger partial charge in [-0.15, -0.1) is 0 Å². The number of carbonyl (C=O) groups is 1. The van der Waals surface area contributed by atoms with E-state index in [0.29, 0.717) is 5.75 Å². The van der Waals surface area contributed by atoms with Crippen LogP contribution < -0.4 is 15.4 Å². The minimum Gasteiger partial charge on any atom is -0.496 e. The van der Waals surface area contributed by atoms with Gasteiger partial charge in [-0.25, -0.2) is 0 Å². The lowest BCUT2D eigenvalue weighted by atomic mass is 9.80. The summed E-state index contributed by atoms with van der Waals surface area (Å²) in [4.78, 5) is 17.3. The zero-order chi connectivity index (χ0) is 21.1. The van der Waals surface area contributed by atoms with Crippen LogP contribution in [0.3, 0.4) is 0 Å². The van der Waals surface area contributed by atoms with Gasteiger partial charge in [-0.2, -0.15) is 0 Å². The largest absolute Gasteiger partial charge is 0.496 e. The number of pyridine rings is 1. The molecule has 0 fully saturated rings. The summed E-state index contributed by atoms with van der Waals surface area (Å²) < 4.78 is 18.4. The molecule has 7 heteroatoms. The van der Waals surface area contributed by atoms with Crippen molar-refractivity contribution in [2.45, 2.75) is 56.7 Å². The number of nitrogens with zero attached hydrogens (tertiary/aromatic N) is 1. The number of carbonyl (C=O) groups excluding carboxylic acids is 1. The van der Waals surface area contributed by atoms with Gasteiger partial charge in [0.2, 0.25) is 0 Å². The summed E-state index contributed by atoms with van der Waals surface area (Å²) in [6.07, 6.45) is 1.67. The third-order valence-electron chi connectivity index (χ3n) is 6.23. The first-order chi connectivity index (χ1) is 13.6. The predicted octanol–water partition coefficient (Wildman–Crippen LogP) is 3.61. The molecule has 1 atom stereocenters. The van der Waals surface area contributed by atoms with Crippen LogP contribution in [0, 0.1) is 6.92 Å². The topological polar surface area (TPSA) is 80.3 Å². The molecule has 0 amide bonds. The van der Waals surface area contributed by atoms with Crippen molar-refractivity contribution < 1.29 is 13.7 Å². The normalized spacial score (nSPS) is 19.9. The van der Waals surface area contributed by atoms with Crippen molar-refractivity contribution in [2.75, 3.05) is 17.7 Å². The zero-order valence-corrected chi connectivity index (χ0v) is 18.5. The fourth-order valence-corrected chi connectivity index (χ4v) is 5.74. The number of Topliss-reactive ketones (excluding diaryl/α,β-unsaturated/α-hetero) is 1. The van der Waals surface area contributed by atoms with Crippen LogP contribution in [0.5, 0.6) is 5.75 Å². The summed E-state index contributed by atoms with van der Waals surface area (Å²) in [5.41, 5.74) is 4.03. The number of rotatable bonds is 4. The first-order valence-electron chi connectivity index (χ1n) is 9.70. The lowest BCUT2D eigenvalue weighted by molar-refractivity contribution is -0.126. The molecule has 2 N–H and O–H groups in total. The Bertz CT molecular complexity index is 999. The summed E-state index contributed by atoms with van der Waals surface area (Å²) in [5.74, 6) is 1.29. The summed E-state index contributed by atoms with van der Waals surface area (Å²) in [6.45, 7) is 9.83. The predicted molar refractivity (Wildman–Crippen MR) is 116 cm³/mol. The molecule has 1 aliphatic heterocycles. The van der Waals surface area contributed by atoms with Gasteiger partial charge in [0, 0.05) is 22.6 Å². The number of anilines is 2. The molecule has 6 nitrogen and oxygen atoms in total. The van der Waals surface area contributed by atoms with Gasteiger partial charge in [0.15, 0.2) is 11.3 Å². The quantitative estimate of drug-likeness (QED) is 0.797. The number of hydrogen-bond donors (Lipinski definition) is 2. The maximum Gasteiger partial charge on any atom is 0.175 e. The number of hydrogen-bond acceptors (Lipinski definition) is 6. The Labute approximate surface area is 173 Å². The Balaban J connectivity index is 1.59. The van der Waals surface area contributed by atoms with Crippen LogP contribution in [0.25, 0.3) is 0 Å². The lowest BCUT2D eigenvalue weighted by Gasteiger charge is -2.21. The second kappa shape index (κ2) is 6.55. The zero-order valence-electron chi connectivity index (χ0n) is 17.7. The molecular formula is C22H27N3O3S. The Morgan fingerprint density at radius 3 is 2.17 bits per heavy atom. The lowest BCUT2D eigenvalue weighted by Crippen LogP contribution is -2.33. The van der Waals surface area contributed by atoms with Crippen molar-refractivity contribution >= 4 is 28.0 Å². The van der Waals surface area contributed by atoms with Gasteiger partial charge < -0.3 is 15.4 Å². The second-order valence-electron chi connectivity index (χ2n) is 8.80. The van der Waals surface area contributed by atoms with Crippen LogP contribution in [-0.4, -0.2) is 27.6 Å². The van der Waals surface area contributed by atoms with Crippen LogP contribution in [0.1, 0.15) is 50.1 Å². The number of benzene rings is 1. The van der Waals surface area contributed by atoms with Crippen molar-refractivity contribution in [2.24, 2.45) is 0 Å². The first-order valence-corrected chi connectivity index (χ1v) is 11.1. The molecule has 1 aromatic heterocycles. The van der Waals surface area contributed by atoms with Crippen LogP contribution in [-0.2, 0) is 32.2 Å². The van der Waals surface area contributed by atoms with Crippen molar-refractivity contribution in [3.05, 3.63) is 46.8 Å². The van der Waals surface area contributed by atoms with Crippen LogP contribution in [0.2, 0.25) is 0 Å². The Hall–Kier alpha value is -2.41. The highest BCUT2D eigenvalue weighted by molar-refractivity contribution is 7.85. The third-order valence-corrected chi connectivity index (χ3v) is 7.55. The smallest absolute Gasteiger partial charge is 0.175 e. The van der Waals surface area contributed by atoms with Crippen molar-refractivity contribution in [3.8, 4) is 5.75 Å². The van der Waals surface area contributed by atoms with Gasteiger partial charge in [0.1, 0.15) is 5.75 Å². The van der Waals surface area contributed by atoms with Crippen molar-refractivity contribution in [3.63, 3.8) is 0 Å². The number of ether oxygens (including phenoxy) is 1. The van der Waals surface area contributed by atoms with Crippen LogP contribution in [0.15, 0.2) is 24.4 Å². The summed E-state index contributed by atoms with van der Waals surface area (Å²) in [7, 11) is 0.375. The highest BCUT2D eigenvalue weighted by Gasteiger charge is 2.51. The van der Waals surface area contributed by atoms with Gasteiger partial charge in [0.25, 0.3) is 0 Å². The van der Waals surface area contributed by atoms with Crippen LogP contribution >= 0.6 is 0 Å². The molecular weight excluding hydrogens is 386 g/mol. The van der Waals surface area contributed by atoms with E-state index >= 15 is 0 Å². The molecule has 0 saturated heterocycles. The average molecular weight is 414 g/mol. The SMILES string of the molecule is COc1ccnc(CS(=O)C2Nc3cc4c(cc3N2)C(C)(C)C(=O)C4(C)C)c1C. The highest BCUT2D eigenvalue weighted by Crippen LogP contribution is 2.50. The number of ketones is 1. The fraction of sp³-hybridized carbons (Fsp3) is 0.455. The van der Waals surface area contributed by atoms with E-state index < -0.39 is 27.1 Å². The standard InChI is InChI=1S/C22H27N3O3S/c1-12-17(23-8-7-18(12)28-6)11-29(27)20-24-15-9-13-14(10-16(15)25-20)22(4,5)19(26)21(13,2)3/h7-10,20,24-25H,11H2,1-6H3. The summed E-state index contributed by atoms with van der Waals surface area (Å²) >= 11 is 0. The molecule has 0 saturated carbocycles. The van der Waals surface area contributed by atoms with E-state index in [2.05, 4.69) is 15.6 Å². The van der Waals surface area contributed by atoms with Gasteiger partial charge in [-0.1, -0.05) is 0 Å². The Kier molecular flexibility index (Phi) is 4.49. The maximum atomic E-state index is 13.0. The molecule has 1 aromatic carbocycles. The van der Waals surface area contributed by atoms with Gasteiger partial charge in [-0.3, -0.25) is 14.0 Å². The molecule has 0 spiro atoms. The monoisotopic (exact) mass is 413 g/mol.